The molecule has 0 aliphatic heterocycles. The molecule has 0 heterocycles. The third kappa shape index (κ3) is 5.89. The molecule has 0 saturated carbocycles. The van der Waals surface area contributed by atoms with E-state index in [2.05, 4.69) is 42.5 Å². The molecule has 0 radical (unpaired) electrons. The number of amides is 1. The van der Waals surface area contributed by atoms with E-state index in [1.54, 1.807) is 36.4 Å². The second-order valence-electron chi connectivity index (χ2n) is 4.49. The Balaban J connectivity index is 1.85. The van der Waals surface area contributed by atoms with E-state index in [1.165, 1.54) is 0 Å². The molecule has 126 valence electrons. The molecule has 0 unspecified atom stereocenters. The lowest BCUT2D eigenvalue weighted by Gasteiger charge is -2.11. The first kappa shape index (κ1) is 19.5. The van der Waals surface area contributed by atoms with Crippen LogP contribution in [-0.4, -0.2) is 17.6 Å². The van der Waals surface area contributed by atoms with Gasteiger partial charge < -0.3 is 10.1 Å². The van der Waals surface area contributed by atoms with E-state index in [0.29, 0.717) is 21.5 Å². The lowest BCUT2D eigenvalue weighted by atomic mass is 10.3. The van der Waals surface area contributed by atoms with Crippen molar-refractivity contribution in [3.8, 4) is 5.75 Å². The quantitative estimate of drug-likeness (QED) is 0.538. The van der Waals surface area contributed by atoms with Crippen LogP contribution >= 0.6 is 67.3 Å². The molecule has 0 spiro atoms. The SMILES string of the molecule is O=C(COc1ccc(Br)cc1Cl)NC(=S)Nc1ccc(Br)c(Cl)c1. The van der Waals surface area contributed by atoms with E-state index in [0.717, 1.165) is 8.95 Å². The van der Waals surface area contributed by atoms with Gasteiger partial charge in [0.1, 0.15) is 5.75 Å². The average Bonchev–Trinajstić information content (AvgIpc) is 2.50. The Morgan fingerprint density at radius 3 is 2.54 bits per heavy atom. The first-order chi connectivity index (χ1) is 11.3. The molecule has 0 bridgehead atoms. The van der Waals surface area contributed by atoms with Crippen LogP contribution in [0, 0.1) is 0 Å². The number of hydrogen-bond donors (Lipinski definition) is 2. The van der Waals surface area contributed by atoms with Gasteiger partial charge in [0.05, 0.1) is 10.0 Å². The standard InChI is InChI=1S/C15H10Br2Cl2N2O2S/c16-8-1-4-13(12(19)5-8)23-7-14(22)21-15(24)20-9-2-3-10(17)11(18)6-9/h1-6H,7H2,(H2,20,21,22,24). The highest BCUT2D eigenvalue weighted by molar-refractivity contribution is 9.10. The Bertz CT molecular complexity index is 790. The van der Waals surface area contributed by atoms with Gasteiger partial charge in [-0.05, 0) is 64.5 Å². The van der Waals surface area contributed by atoms with Crippen LogP contribution in [-0.2, 0) is 4.79 Å². The third-order valence-corrected chi connectivity index (χ3v) is 4.91. The second-order valence-corrected chi connectivity index (χ2v) is 7.49. The predicted molar refractivity (Wildman–Crippen MR) is 108 cm³/mol. The number of hydrogen-bond acceptors (Lipinski definition) is 3. The van der Waals surface area contributed by atoms with Crippen molar-refractivity contribution in [3.63, 3.8) is 0 Å². The third-order valence-electron chi connectivity index (χ3n) is 2.68. The largest absolute Gasteiger partial charge is 0.482 e. The number of carbonyl (C=O) groups is 1. The minimum Gasteiger partial charge on any atom is -0.482 e. The molecule has 4 nitrogen and oxygen atoms in total. The number of nitrogens with one attached hydrogen (secondary N) is 2. The summed E-state index contributed by atoms with van der Waals surface area (Å²) in [4.78, 5) is 11.9. The van der Waals surface area contributed by atoms with Crippen molar-refractivity contribution in [3.05, 3.63) is 55.4 Å². The van der Waals surface area contributed by atoms with E-state index in [-0.39, 0.29) is 11.7 Å². The maximum Gasteiger partial charge on any atom is 0.264 e. The van der Waals surface area contributed by atoms with E-state index in [9.17, 15) is 4.79 Å². The van der Waals surface area contributed by atoms with Crippen molar-refractivity contribution in [2.24, 2.45) is 0 Å². The maximum atomic E-state index is 11.9. The Kier molecular flexibility index (Phi) is 7.31. The zero-order valence-electron chi connectivity index (χ0n) is 11.9. The van der Waals surface area contributed by atoms with Crippen molar-refractivity contribution in [1.29, 1.82) is 0 Å². The number of rotatable bonds is 4. The van der Waals surface area contributed by atoms with Gasteiger partial charge in [-0.1, -0.05) is 39.1 Å². The second kappa shape index (κ2) is 9.01. The van der Waals surface area contributed by atoms with Crippen LogP contribution in [0.2, 0.25) is 10.0 Å². The van der Waals surface area contributed by atoms with Crippen molar-refractivity contribution < 1.29 is 9.53 Å². The van der Waals surface area contributed by atoms with Gasteiger partial charge in [-0.2, -0.15) is 0 Å². The summed E-state index contributed by atoms with van der Waals surface area (Å²) >= 11 is 23.7. The minimum atomic E-state index is -0.408. The predicted octanol–water partition coefficient (Wildman–Crippen LogP) is 5.41. The fourth-order valence-electron chi connectivity index (χ4n) is 1.63. The first-order valence-electron chi connectivity index (χ1n) is 6.49. The van der Waals surface area contributed by atoms with Crippen LogP contribution < -0.4 is 15.4 Å². The Morgan fingerprint density at radius 2 is 1.88 bits per heavy atom. The number of ether oxygens (including phenoxy) is 1. The number of halogens is 4. The Morgan fingerprint density at radius 1 is 1.12 bits per heavy atom. The van der Waals surface area contributed by atoms with Gasteiger partial charge >= 0.3 is 0 Å². The number of thiocarbonyl (C=S) groups is 1. The highest BCUT2D eigenvalue weighted by Gasteiger charge is 2.09. The van der Waals surface area contributed by atoms with Crippen LogP contribution in [0.15, 0.2) is 45.3 Å². The van der Waals surface area contributed by atoms with Crippen molar-refractivity contribution in [1.82, 2.24) is 5.32 Å². The maximum absolute atomic E-state index is 11.9. The molecule has 0 aliphatic rings. The molecular formula is C15H10Br2Cl2N2O2S. The molecule has 2 N–H and O–H groups in total. The zero-order chi connectivity index (χ0) is 17.7. The zero-order valence-corrected chi connectivity index (χ0v) is 17.4. The van der Waals surface area contributed by atoms with Gasteiger partial charge in [-0.3, -0.25) is 10.1 Å². The summed E-state index contributed by atoms with van der Waals surface area (Å²) in [6.07, 6.45) is 0. The van der Waals surface area contributed by atoms with Crippen molar-refractivity contribution in [2.75, 3.05) is 11.9 Å². The van der Waals surface area contributed by atoms with Crippen LogP contribution in [0.3, 0.4) is 0 Å². The van der Waals surface area contributed by atoms with E-state index >= 15 is 0 Å². The fourth-order valence-corrected chi connectivity index (χ4v) is 3.02. The highest BCUT2D eigenvalue weighted by atomic mass is 79.9. The van der Waals surface area contributed by atoms with Crippen LogP contribution in [0.1, 0.15) is 0 Å². The minimum absolute atomic E-state index is 0.142. The van der Waals surface area contributed by atoms with Crippen molar-refractivity contribution in [2.45, 2.75) is 0 Å². The molecule has 0 fully saturated rings. The summed E-state index contributed by atoms with van der Waals surface area (Å²) in [5.41, 5.74) is 0.658. The molecule has 2 aromatic rings. The molecular weight excluding hydrogens is 503 g/mol. The molecule has 2 aromatic carbocycles. The molecule has 2 rings (SSSR count). The smallest absolute Gasteiger partial charge is 0.264 e. The lowest BCUT2D eigenvalue weighted by Crippen LogP contribution is -2.37. The number of anilines is 1. The molecule has 0 atom stereocenters. The van der Waals surface area contributed by atoms with Crippen LogP contribution in [0.25, 0.3) is 0 Å². The molecule has 0 aliphatic carbocycles. The Hall–Kier alpha value is -0.860. The normalized spacial score (nSPS) is 10.2. The molecule has 1 amide bonds. The highest BCUT2D eigenvalue weighted by Crippen LogP contribution is 2.27. The summed E-state index contributed by atoms with van der Waals surface area (Å²) in [6, 6.07) is 10.3. The Labute approximate surface area is 171 Å². The average molecular weight is 513 g/mol. The van der Waals surface area contributed by atoms with Gasteiger partial charge in [0.25, 0.3) is 5.91 Å². The van der Waals surface area contributed by atoms with Gasteiger partial charge in [-0.15, -0.1) is 0 Å². The van der Waals surface area contributed by atoms with Crippen molar-refractivity contribution >= 4 is 84.0 Å². The first-order valence-corrected chi connectivity index (χ1v) is 9.24. The summed E-state index contributed by atoms with van der Waals surface area (Å²) in [7, 11) is 0. The summed E-state index contributed by atoms with van der Waals surface area (Å²) in [5.74, 6) is 0.00304. The van der Waals surface area contributed by atoms with E-state index in [4.69, 9.17) is 40.2 Å². The van der Waals surface area contributed by atoms with E-state index < -0.39 is 5.91 Å². The molecule has 0 saturated heterocycles. The van der Waals surface area contributed by atoms with Gasteiger partial charge in [-0.25, -0.2) is 0 Å². The molecule has 0 aromatic heterocycles. The van der Waals surface area contributed by atoms with Gasteiger partial charge in [0.15, 0.2) is 11.7 Å². The monoisotopic (exact) mass is 510 g/mol. The molecule has 24 heavy (non-hydrogen) atoms. The lowest BCUT2D eigenvalue weighted by molar-refractivity contribution is -0.121. The summed E-state index contributed by atoms with van der Waals surface area (Å²) in [6.45, 7) is -0.218. The molecule has 9 heteroatoms. The number of benzene rings is 2. The fraction of sp³-hybridized carbons (Fsp3) is 0.0667. The summed E-state index contributed by atoms with van der Waals surface area (Å²) in [5, 5.41) is 6.45. The number of carbonyl (C=O) groups excluding carboxylic acids is 1. The van der Waals surface area contributed by atoms with E-state index in [1.807, 2.05) is 0 Å². The topological polar surface area (TPSA) is 50.4 Å². The van der Waals surface area contributed by atoms with Crippen LogP contribution in [0.5, 0.6) is 5.75 Å². The van der Waals surface area contributed by atoms with Gasteiger partial charge in [0.2, 0.25) is 0 Å². The van der Waals surface area contributed by atoms with Crippen LogP contribution in [0.4, 0.5) is 5.69 Å². The van der Waals surface area contributed by atoms with Gasteiger partial charge in [0, 0.05) is 14.6 Å². The summed E-state index contributed by atoms with van der Waals surface area (Å²) < 4.78 is 6.95.